The van der Waals surface area contributed by atoms with Gasteiger partial charge in [0.2, 0.25) is 0 Å². The number of carbonyl (C=O) groups is 2. The number of nitrogens with zero attached hydrogens (tertiary/aromatic N) is 2. The summed E-state index contributed by atoms with van der Waals surface area (Å²) in [6, 6.07) is 0. The lowest BCUT2D eigenvalue weighted by Gasteiger charge is -2.32. The van der Waals surface area contributed by atoms with Gasteiger partial charge in [-0.1, -0.05) is 19.9 Å². The van der Waals surface area contributed by atoms with E-state index in [1.807, 2.05) is 0 Å². The van der Waals surface area contributed by atoms with Crippen molar-refractivity contribution < 1.29 is 14.3 Å². The molecule has 0 N–H and O–H groups in total. The van der Waals surface area contributed by atoms with Crippen molar-refractivity contribution in [3.63, 3.8) is 0 Å². The summed E-state index contributed by atoms with van der Waals surface area (Å²) in [5.74, 6) is -0.0340. The minimum atomic E-state index is -0.360. The van der Waals surface area contributed by atoms with Crippen molar-refractivity contribution in [3.8, 4) is 0 Å². The summed E-state index contributed by atoms with van der Waals surface area (Å²) < 4.78 is 7.68. The van der Waals surface area contributed by atoms with Crippen LogP contribution in [0, 0.1) is 5.41 Å². The second kappa shape index (κ2) is 6.87. The average molecular weight is 460 g/mol. The molecule has 0 radical (unpaired) electrons. The number of aldehydes is 1. The van der Waals surface area contributed by atoms with Gasteiger partial charge in [-0.3, -0.25) is 9.59 Å². The van der Waals surface area contributed by atoms with Crippen LogP contribution in [-0.4, -0.2) is 27.4 Å². The van der Waals surface area contributed by atoms with Crippen molar-refractivity contribution >= 4 is 46.2 Å². The predicted octanol–water partition coefficient (Wildman–Crippen LogP) is 4.55. The highest BCUT2D eigenvalue weighted by Crippen LogP contribution is 2.51. The van der Waals surface area contributed by atoms with E-state index in [1.165, 1.54) is 0 Å². The van der Waals surface area contributed by atoms with Crippen LogP contribution in [0.2, 0.25) is 0 Å². The molecule has 1 aromatic heterocycles. The summed E-state index contributed by atoms with van der Waals surface area (Å²) in [6.07, 6.45) is 10.0. The van der Waals surface area contributed by atoms with E-state index in [0.717, 1.165) is 49.7 Å². The van der Waals surface area contributed by atoms with Crippen LogP contribution in [0.3, 0.4) is 0 Å². The molecule has 5 nitrogen and oxygen atoms in total. The van der Waals surface area contributed by atoms with Crippen LogP contribution in [0.25, 0.3) is 5.57 Å². The number of hydrogen-bond acceptors (Lipinski definition) is 4. The first-order valence-electron chi connectivity index (χ1n) is 8.36. The van der Waals surface area contributed by atoms with E-state index < -0.39 is 0 Å². The highest BCUT2D eigenvalue weighted by atomic mass is 127. The van der Waals surface area contributed by atoms with E-state index in [1.54, 1.807) is 10.6 Å². The third-order valence-corrected chi connectivity index (χ3v) is 7.47. The summed E-state index contributed by atoms with van der Waals surface area (Å²) >= 11 is 2.25. The molecule has 1 aliphatic heterocycles. The lowest BCUT2D eigenvalue weighted by Crippen LogP contribution is -2.31. The number of esters is 1. The second-order valence-electron chi connectivity index (χ2n) is 6.75. The fourth-order valence-electron chi connectivity index (χ4n) is 3.93. The Kier molecular flexibility index (Phi) is 5.17. The molecule has 0 saturated carbocycles. The topological polar surface area (TPSA) is 61.2 Å². The third kappa shape index (κ3) is 2.96. The van der Waals surface area contributed by atoms with E-state index in [9.17, 15) is 9.59 Å². The maximum absolute atomic E-state index is 12.4. The standard InChI is InChI=1S/C17H22IN2O3P/c1-3-16(4-2)11-17(23-15(16)22)7-5-12(6-8-17)14-13(10-21)9-20(19-14)24-18/h5,9-10,24H,3-4,6-8,11H2,1-2H3. The lowest BCUT2D eigenvalue weighted by molar-refractivity contribution is -0.154. The molecule has 24 heavy (non-hydrogen) atoms. The van der Waals surface area contributed by atoms with Crippen molar-refractivity contribution in [2.75, 3.05) is 0 Å². The first kappa shape index (κ1) is 18.1. The van der Waals surface area contributed by atoms with Crippen molar-refractivity contribution in [2.24, 2.45) is 5.41 Å². The van der Waals surface area contributed by atoms with Gasteiger partial charge in [0.1, 0.15) is 5.60 Å². The zero-order valence-corrected chi connectivity index (χ0v) is 17.1. The molecule has 0 bridgehead atoms. The van der Waals surface area contributed by atoms with Crippen LogP contribution in [0.5, 0.6) is 0 Å². The summed E-state index contributed by atoms with van der Waals surface area (Å²) in [6.45, 7) is 4.14. The second-order valence-corrected chi connectivity index (χ2v) is 8.82. The number of aromatic nitrogens is 2. The summed E-state index contributed by atoms with van der Waals surface area (Å²) in [4.78, 5) is 23.7. The smallest absolute Gasteiger partial charge is 0.312 e. The molecule has 2 heterocycles. The number of rotatable bonds is 5. The third-order valence-electron chi connectivity index (χ3n) is 5.59. The molecule has 1 aliphatic carbocycles. The van der Waals surface area contributed by atoms with Gasteiger partial charge in [-0.2, -0.15) is 5.10 Å². The van der Waals surface area contributed by atoms with Crippen LogP contribution in [0.1, 0.15) is 68.4 Å². The first-order chi connectivity index (χ1) is 11.5. The van der Waals surface area contributed by atoms with Gasteiger partial charge in [-0.15, -0.1) is 0 Å². The van der Waals surface area contributed by atoms with Crippen molar-refractivity contribution in [3.05, 3.63) is 23.5 Å². The predicted molar refractivity (Wildman–Crippen MR) is 104 cm³/mol. The molecule has 2 aliphatic rings. The molecule has 1 fully saturated rings. The van der Waals surface area contributed by atoms with E-state index in [-0.39, 0.29) is 17.0 Å². The fourth-order valence-corrected chi connectivity index (χ4v) is 5.00. The van der Waals surface area contributed by atoms with E-state index >= 15 is 0 Å². The van der Waals surface area contributed by atoms with Gasteiger partial charge in [0.05, 0.1) is 23.0 Å². The molecule has 2 unspecified atom stereocenters. The Labute approximate surface area is 156 Å². The van der Waals surface area contributed by atoms with Crippen LogP contribution < -0.4 is 0 Å². The molecule has 0 aromatic carbocycles. The molecular formula is C17H22IN2O3P. The van der Waals surface area contributed by atoms with Gasteiger partial charge in [0.25, 0.3) is 0 Å². The van der Waals surface area contributed by atoms with E-state index in [4.69, 9.17) is 4.74 Å². The SMILES string of the molecule is CCC1(CC)CC2(CC=C(c3nn(PI)cc3C=O)CC2)OC1=O. The zero-order valence-electron chi connectivity index (χ0n) is 14.0. The summed E-state index contributed by atoms with van der Waals surface area (Å²) in [7, 11) is 0. The van der Waals surface area contributed by atoms with Crippen LogP contribution >= 0.6 is 28.4 Å². The molecule has 7 heteroatoms. The minimum absolute atomic E-state index is 0.0340. The lowest BCUT2D eigenvalue weighted by atomic mass is 9.72. The Bertz CT molecular complexity index is 696. The molecule has 2 atom stereocenters. The monoisotopic (exact) mass is 460 g/mol. The van der Waals surface area contributed by atoms with Gasteiger partial charge in [0, 0.05) is 19.0 Å². The molecule has 130 valence electrons. The number of ether oxygens (including phenoxy) is 1. The Balaban J connectivity index is 1.84. The van der Waals surface area contributed by atoms with Crippen LogP contribution in [0.15, 0.2) is 12.3 Å². The summed E-state index contributed by atoms with van der Waals surface area (Å²) in [5, 5.41) is 4.53. The highest BCUT2D eigenvalue weighted by Gasteiger charge is 2.54. The maximum Gasteiger partial charge on any atom is 0.312 e. The number of allylic oxidation sites excluding steroid dienone is 1. The average Bonchev–Trinajstić information content (AvgIpc) is 3.15. The van der Waals surface area contributed by atoms with Crippen LogP contribution in [-0.2, 0) is 9.53 Å². The van der Waals surface area contributed by atoms with E-state index in [0.29, 0.717) is 18.4 Å². The molecular weight excluding hydrogens is 438 g/mol. The molecule has 3 rings (SSSR count). The summed E-state index contributed by atoms with van der Waals surface area (Å²) in [5.41, 5.74) is 1.84. The Morgan fingerprint density at radius 1 is 1.46 bits per heavy atom. The van der Waals surface area contributed by atoms with Crippen LogP contribution in [0.4, 0.5) is 0 Å². The van der Waals surface area contributed by atoms with Gasteiger partial charge in [0.15, 0.2) is 6.29 Å². The van der Waals surface area contributed by atoms with Crippen molar-refractivity contribution in [2.45, 2.75) is 58.0 Å². The number of carbonyl (C=O) groups excluding carboxylic acids is 2. The van der Waals surface area contributed by atoms with Gasteiger partial charge in [-0.05, 0) is 53.3 Å². The Morgan fingerprint density at radius 2 is 2.21 bits per heavy atom. The maximum atomic E-state index is 12.4. The number of hydrogen-bond donors (Lipinski definition) is 0. The molecule has 1 aromatic rings. The molecule has 0 amide bonds. The van der Waals surface area contributed by atoms with Gasteiger partial charge >= 0.3 is 5.97 Å². The van der Waals surface area contributed by atoms with Crippen molar-refractivity contribution in [1.29, 1.82) is 0 Å². The largest absolute Gasteiger partial charge is 0.458 e. The van der Waals surface area contributed by atoms with Gasteiger partial charge < -0.3 is 4.74 Å². The number of halogens is 1. The van der Waals surface area contributed by atoms with Crippen molar-refractivity contribution in [1.82, 2.24) is 9.55 Å². The fraction of sp³-hybridized carbons (Fsp3) is 0.588. The quantitative estimate of drug-likeness (QED) is 0.280. The molecule has 1 saturated heterocycles. The highest BCUT2D eigenvalue weighted by molar-refractivity contribution is 14.2. The van der Waals surface area contributed by atoms with Gasteiger partial charge in [-0.25, -0.2) is 4.45 Å². The Morgan fingerprint density at radius 3 is 2.71 bits per heavy atom. The van der Waals surface area contributed by atoms with E-state index in [2.05, 4.69) is 47.1 Å². The minimum Gasteiger partial charge on any atom is -0.458 e. The zero-order chi connectivity index (χ0) is 17.4. The normalized spacial score (nSPS) is 26.1. The first-order valence-corrected chi connectivity index (χ1v) is 12.4. The molecule has 1 spiro atoms. The Hall–Kier alpha value is -0.750.